The molecule has 4 atom stereocenters. The predicted molar refractivity (Wildman–Crippen MR) is 115 cm³/mol. The Kier molecular flexibility index (Phi) is 4.47. The number of benzene rings is 2. The zero-order valence-electron chi connectivity index (χ0n) is 17.0. The number of hydrazone groups is 1. The third-order valence-electron chi connectivity index (χ3n) is 6.25. The number of Topliss-reactive ketones (excluding diaryl/α,β-unsaturated/α-hetero) is 1. The van der Waals surface area contributed by atoms with Crippen LogP contribution >= 0.6 is 0 Å². The molecule has 9 nitrogen and oxygen atoms in total. The first-order valence-corrected chi connectivity index (χ1v) is 10.1. The van der Waals surface area contributed by atoms with Crippen molar-refractivity contribution in [3.63, 3.8) is 0 Å². The maximum absolute atomic E-state index is 13.6. The van der Waals surface area contributed by atoms with E-state index < -0.39 is 40.7 Å². The van der Waals surface area contributed by atoms with Crippen molar-refractivity contribution in [2.24, 2.45) is 16.9 Å². The Morgan fingerprint density at radius 1 is 1.06 bits per heavy atom. The lowest BCUT2D eigenvalue weighted by Crippen LogP contribution is -2.46. The first-order valence-electron chi connectivity index (χ1n) is 10.1. The smallest absolute Gasteiger partial charge is 0.269 e. The maximum atomic E-state index is 13.6. The molecule has 0 radical (unpaired) electrons. The first-order chi connectivity index (χ1) is 15.4. The van der Waals surface area contributed by atoms with Gasteiger partial charge in [-0.1, -0.05) is 36.4 Å². The van der Waals surface area contributed by atoms with Crippen LogP contribution in [0.25, 0.3) is 0 Å². The number of allylic oxidation sites excluding steroid dienone is 1. The van der Waals surface area contributed by atoms with Crippen LogP contribution < -0.4 is 4.90 Å². The molecule has 0 saturated carbocycles. The lowest BCUT2D eigenvalue weighted by atomic mass is 9.86. The third-order valence-corrected chi connectivity index (χ3v) is 6.25. The van der Waals surface area contributed by atoms with Crippen LogP contribution in [0.4, 0.5) is 11.4 Å². The molecule has 2 saturated heterocycles. The van der Waals surface area contributed by atoms with Gasteiger partial charge in [-0.15, -0.1) is 0 Å². The van der Waals surface area contributed by atoms with Gasteiger partial charge in [0.25, 0.3) is 5.69 Å². The van der Waals surface area contributed by atoms with Crippen molar-refractivity contribution in [2.45, 2.75) is 19.0 Å². The van der Waals surface area contributed by atoms with Crippen LogP contribution in [0, 0.1) is 28.9 Å². The molecule has 2 aromatic rings. The van der Waals surface area contributed by atoms with Crippen molar-refractivity contribution in [2.75, 3.05) is 4.90 Å². The van der Waals surface area contributed by atoms with Crippen LogP contribution in [-0.2, 0) is 9.59 Å². The van der Waals surface area contributed by atoms with Gasteiger partial charge in [-0.25, -0.2) is 4.90 Å². The number of amides is 2. The summed E-state index contributed by atoms with van der Waals surface area (Å²) in [5, 5.41) is 17.0. The lowest BCUT2D eigenvalue weighted by molar-refractivity contribution is -0.384. The van der Waals surface area contributed by atoms with Gasteiger partial charge in [-0.2, -0.15) is 5.10 Å². The molecular formula is C23H18N4O5. The van der Waals surface area contributed by atoms with Crippen LogP contribution in [0.5, 0.6) is 0 Å². The van der Waals surface area contributed by atoms with Crippen molar-refractivity contribution in [3.8, 4) is 0 Å². The van der Waals surface area contributed by atoms with Crippen LogP contribution in [0.1, 0.15) is 15.9 Å². The van der Waals surface area contributed by atoms with Gasteiger partial charge in [-0.05, 0) is 24.6 Å². The normalized spacial score (nSPS) is 25.8. The Balaban J connectivity index is 1.58. The summed E-state index contributed by atoms with van der Waals surface area (Å²) in [5.74, 6) is -2.89. The van der Waals surface area contributed by atoms with Crippen molar-refractivity contribution < 1.29 is 19.3 Å². The number of hydrogen-bond acceptors (Lipinski definition) is 7. The number of non-ortho nitro benzene ring substituents is 1. The summed E-state index contributed by atoms with van der Waals surface area (Å²) in [6.45, 7) is 1.61. The van der Waals surface area contributed by atoms with Gasteiger partial charge in [0.1, 0.15) is 6.04 Å². The maximum Gasteiger partial charge on any atom is 0.269 e. The fraction of sp³-hybridized carbons (Fsp3) is 0.217. The van der Waals surface area contributed by atoms with Crippen LogP contribution in [0.15, 0.2) is 65.8 Å². The molecule has 32 heavy (non-hydrogen) atoms. The molecule has 0 aliphatic carbocycles. The molecule has 3 heterocycles. The summed E-state index contributed by atoms with van der Waals surface area (Å²) in [4.78, 5) is 52.1. The molecule has 0 bridgehead atoms. The van der Waals surface area contributed by atoms with Crippen LogP contribution in [0.3, 0.4) is 0 Å². The number of carbonyl (C=O) groups excluding carboxylic acids is 3. The van der Waals surface area contributed by atoms with E-state index in [-0.39, 0.29) is 11.5 Å². The standard InChI is InChI=1S/C23H18N4O5/c1-13-12-15(27(31)32)9-10-16(13)25-22(29)18-17-8-5-11-24-26(17)20(19(18)23(25)30)21(28)14-6-3-2-4-7-14/h2-12,17-20H,1H3/t17-,18+,19-,20+/m1/s1. The van der Waals surface area contributed by atoms with Gasteiger partial charge in [0.15, 0.2) is 5.78 Å². The molecular weight excluding hydrogens is 412 g/mol. The zero-order valence-corrected chi connectivity index (χ0v) is 17.0. The average molecular weight is 430 g/mol. The molecule has 2 amide bonds. The van der Waals surface area contributed by atoms with E-state index in [2.05, 4.69) is 5.10 Å². The van der Waals surface area contributed by atoms with E-state index in [9.17, 15) is 24.5 Å². The number of hydrogen-bond donors (Lipinski definition) is 0. The lowest BCUT2D eigenvalue weighted by Gasteiger charge is -2.30. The van der Waals surface area contributed by atoms with Crippen LogP contribution in [-0.4, -0.2) is 45.8 Å². The quantitative estimate of drug-likeness (QED) is 0.319. The van der Waals surface area contributed by atoms with E-state index in [1.165, 1.54) is 24.4 Å². The Morgan fingerprint density at radius 2 is 1.78 bits per heavy atom. The number of nitro benzene ring substituents is 1. The monoisotopic (exact) mass is 430 g/mol. The Morgan fingerprint density at radius 3 is 2.47 bits per heavy atom. The van der Waals surface area contributed by atoms with Crippen molar-refractivity contribution >= 4 is 35.2 Å². The highest BCUT2D eigenvalue weighted by Gasteiger charge is 2.64. The second-order valence-electron chi connectivity index (χ2n) is 7.99. The first kappa shape index (κ1) is 19.8. The van der Waals surface area contributed by atoms with E-state index in [0.29, 0.717) is 16.8 Å². The van der Waals surface area contributed by atoms with Gasteiger partial charge in [0.2, 0.25) is 11.8 Å². The largest absolute Gasteiger partial charge is 0.292 e. The minimum absolute atomic E-state index is 0.126. The molecule has 3 aliphatic heterocycles. The summed E-state index contributed by atoms with van der Waals surface area (Å²) in [5.41, 5.74) is 1.03. The number of nitro groups is 1. The van der Waals surface area contributed by atoms with E-state index in [4.69, 9.17) is 0 Å². The molecule has 2 fully saturated rings. The number of imide groups is 1. The molecule has 0 aromatic heterocycles. The average Bonchev–Trinajstić information content (AvgIpc) is 3.27. The molecule has 5 rings (SSSR count). The minimum atomic E-state index is -0.923. The second kappa shape index (κ2) is 7.23. The predicted octanol–water partition coefficient (Wildman–Crippen LogP) is 2.50. The summed E-state index contributed by atoms with van der Waals surface area (Å²) in [7, 11) is 0. The Bertz CT molecular complexity index is 1220. The van der Waals surface area contributed by atoms with Crippen molar-refractivity contribution in [1.82, 2.24) is 5.01 Å². The highest BCUT2D eigenvalue weighted by molar-refractivity contribution is 6.25. The fourth-order valence-electron chi connectivity index (χ4n) is 4.85. The zero-order chi connectivity index (χ0) is 22.6. The highest BCUT2D eigenvalue weighted by atomic mass is 16.6. The number of carbonyl (C=O) groups is 3. The van der Waals surface area contributed by atoms with Gasteiger partial charge in [0, 0.05) is 23.9 Å². The number of anilines is 1. The SMILES string of the molecule is Cc1cc([N+](=O)[O-])ccc1N1C(=O)[C@@H]2[C@@H](C1=O)[C@@H](C(=O)c1ccccc1)N1N=CC=C[C@H]21. The van der Waals surface area contributed by atoms with Crippen molar-refractivity contribution in [1.29, 1.82) is 0 Å². The number of ketones is 1. The third kappa shape index (κ3) is 2.78. The van der Waals surface area contributed by atoms with Crippen LogP contribution in [0.2, 0.25) is 0 Å². The summed E-state index contributed by atoms with van der Waals surface area (Å²) >= 11 is 0. The molecule has 160 valence electrons. The highest BCUT2D eigenvalue weighted by Crippen LogP contribution is 2.46. The second-order valence-corrected chi connectivity index (χ2v) is 7.99. The van der Waals surface area contributed by atoms with E-state index in [1.54, 1.807) is 54.4 Å². The number of rotatable bonds is 4. The van der Waals surface area contributed by atoms with E-state index in [0.717, 1.165) is 4.90 Å². The van der Waals surface area contributed by atoms with Gasteiger partial charge in [0.05, 0.1) is 28.5 Å². The summed E-state index contributed by atoms with van der Waals surface area (Å²) in [6, 6.07) is 11.2. The fourth-order valence-corrected chi connectivity index (χ4v) is 4.85. The topological polar surface area (TPSA) is 113 Å². The minimum Gasteiger partial charge on any atom is -0.292 e. The Labute approximate surface area is 182 Å². The number of fused-ring (bicyclic) bond motifs is 3. The number of aryl methyl sites for hydroxylation is 1. The molecule has 0 N–H and O–H groups in total. The molecule has 0 spiro atoms. The van der Waals surface area contributed by atoms with Gasteiger partial charge < -0.3 is 0 Å². The Hall–Kier alpha value is -4.14. The summed E-state index contributed by atoms with van der Waals surface area (Å²) < 4.78 is 0. The van der Waals surface area contributed by atoms with Gasteiger partial charge in [-0.3, -0.25) is 29.5 Å². The molecule has 0 unspecified atom stereocenters. The van der Waals surface area contributed by atoms with Gasteiger partial charge >= 0.3 is 0 Å². The van der Waals surface area contributed by atoms with E-state index in [1.807, 2.05) is 0 Å². The van der Waals surface area contributed by atoms with E-state index >= 15 is 0 Å². The number of nitrogens with zero attached hydrogens (tertiary/aromatic N) is 4. The van der Waals surface area contributed by atoms with Crippen molar-refractivity contribution in [3.05, 3.63) is 81.9 Å². The summed E-state index contributed by atoms with van der Waals surface area (Å²) in [6.07, 6.45) is 5.02. The molecule has 2 aromatic carbocycles. The molecule has 3 aliphatic rings. The molecule has 9 heteroatoms.